The Morgan fingerprint density at radius 1 is 0.303 bits per heavy atom. The van der Waals surface area contributed by atoms with Crippen LogP contribution >= 0.6 is 0 Å². The second-order valence-corrected chi connectivity index (χ2v) is 29.8. The van der Waals surface area contributed by atoms with Crippen molar-refractivity contribution in [2.24, 2.45) is 5.73 Å². The molecule has 9 aliphatic rings. The number of carbonyl (C=O) groups is 6. The Morgan fingerprint density at radius 3 is 0.933 bits per heavy atom. The number of nitrogens with two attached hydrogens (primary N) is 1. The fourth-order valence-electron chi connectivity index (χ4n) is 15.2. The van der Waals surface area contributed by atoms with Crippen LogP contribution in [0.25, 0.3) is 0 Å². The number of carbonyl (C=O) groups excluding carboxylic acids is 6. The predicted octanol–water partition coefficient (Wildman–Crippen LogP) is -21.0. The predicted molar refractivity (Wildman–Crippen MR) is 368 cm³/mol. The monoisotopic (exact) mass is 1740 g/mol. The van der Waals surface area contributed by atoms with E-state index in [1.807, 2.05) is 0 Å². The normalized spacial score (nSPS) is 46.9. The van der Waals surface area contributed by atoms with Crippen LogP contribution in [0, 0.1) is 0 Å². The first kappa shape index (κ1) is 98.1. The third-order valence-corrected chi connectivity index (χ3v) is 21.4. The fraction of sp³-hybridized carbons (Fsp3) is 0.909. The van der Waals surface area contributed by atoms with Crippen molar-refractivity contribution in [3.8, 4) is 0 Å². The van der Waals surface area contributed by atoms with Crippen LogP contribution in [0.5, 0.6) is 0 Å². The maximum absolute atomic E-state index is 13.2. The molecule has 0 saturated carbocycles. The van der Waals surface area contributed by atoms with Gasteiger partial charge in [0.2, 0.25) is 29.5 Å². The van der Waals surface area contributed by atoms with Crippen LogP contribution in [0.3, 0.4) is 0 Å². The molecule has 0 aliphatic carbocycles. The van der Waals surface area contributed by atoms with Crippen LogP contribution in [0.1, 0.15) is 34.1 Å². The molecular formula is C66H110N6O47. The topological polar surface area (TPSA) is 831 Å². The molecule has 0 aromatic rings. The Balaban J connectivity index is 1.06. The number of ether oxygens (including phenoxy) is 17. The number of hydrogen-bond donors (Lipinski definition) is 30. The van der Waals surface area contributed by atoms with Crippen molar-refractivity contribution in [2.75, 3.05) is 59.5 Å². The first-order valence-corrected chi connectivity index (χ1v) is 37.8. The molecule has 31 N–H and O–H groups in total. The molecule has 119 heavy (non-hydrogen) atoms. The molecule has 0 radical (unpaired) electrons. The van der Waals surface area contributed by atoms with E-state index in [9.17, 15) is 151 Å². The molecular weight excluding hydrogens is 1630 g/mol. The molecule has 53 nitrogen and oxygen atoms in total. The third-order valence-electron chi connectivity index (χ3n) is 21.4. The largest absolute Gasteiger partial charge is 0.394 e. The van der Waals surface area contributed by atoms with Crippen molar-refractivity contribution in [3.05, 3.63) is 0 Å². The molecule has 9 saturated heterocycles. The lowest BCUT2D eigenvalue weighted by molar-refractivity contribution is -0.398. The van der Waals surface area contributed by atoms with Gasteiger partial charge >= 0.3 is 0 Å². The maximum atomic E-state index is 13.2. The van der Waals surface area contributed by atoms with E-state index in [4.69, 9.17) is 86.3 Å². The van der Waals surface area contributed by atoms with Gasteiger partial charge in [-0.2, -0.15) is 0 Å². The summed E-state index contributed by atoms with van der Waals surface area (Å²) >= 11 is 0. The molecule has 0 spiro atoms. The molecule has 9 fully saturated rings. The van der Waals surface area contributed by atoms with Gasteiger partial charge in [-0.25, -0.2) is 0 Å². The second kappa shape index (κ2) is 43.5. The van der Waals surface area contributed by atoms with E-state index in [1.165, 1.54) is 0 Å². The van der Waals surface area contributed by atoms with Crippen molar-refractivity contribution in [3.63, 3.8) is 0 Å². The van der Waals surface area contributed by atoms with Crippen molar-refractivity contribution < 1.29 is 232 Å². The summed E-state index contributed by atoms with van der Waals surface area (Å²) in [5.74, 6) is -4.68. The van der Waals surface area contributed by atoms with Crippen molar-refractivity contribution in [1.82, 2.24) is 26.6 Å². The van der Waals surface area contributed by atoms with Gasteiger partial charge in [-0.1, -0.05) is 0 Å². The van der Waals surface area contributed by atoms with E-state index >= 15 is 0 Å². The Labute approximate surface area is 673 Å². The number of amides is 5. The van der Waals surface area contributed by atoms with Gasteiger partial charge in [0.15, 0.2) is 50.3 Å². The number of nitrogens with one attached hydrogen (secondary N) is 5. The highest BCUT2D eigenvalue weighted by atomic mass is 16.8. The lowest BCUT2D eigenvalue weighted by Crippen LogP contribution is -2.72. The van der Waals surface area contributed by atoms with Crippen LogP contribution in [-0.2, 0) is 109 Å². The minimum atomic E-state index is -2.61. The van der Waals surface area contributed by atoms with Crippen LogP contribution in [0.4, 0.5) is 0 Å². The number of hydrogen-bond acceptors (Lipinski definition) is 48. The maximum Gasteiger partial charge on any atom is 0.219 e. The number of rotatable bonds is 34. The third kappa shape index (κ3) is 22.4. The summed E-state index contributed by atoms with van der Waals surface area (Å²) in [4.78, 5) is 75.5. The Morgan fingerprint density at radius 2 is 0.580 bits per heavy atom. The SMILES string of the molecule is CC(=O)NC1C(O)[C@H](O[C@@H]2OC(CO)[C@H](O)[C@H](O)C2O)[C@@H](CO)O[C@@H]1OC1[C@H](OCC2O[C@@H](O[C@H]3C(CO)O[C@@H](O[C@H]4C(CO)O[C@@H](N[C@H](C=O)CC(N)=O)C(NC(C)=O)[C@H]4O)C(NC(C)=O)[C@H]3O)C(O)[C@@H](O[C@@H]3OC(CO)[C@H](O)C(O)C3OC3OC(CO)[C@H](O[C@@H]4OC(CO)[C@H](O)[C@H](O)C4O)[C@H](O)[C@H]3NC(C)=O)[C@H]2O)OC(CO)[C@H](O)[C@@H]1O. The molecule has 0 aromatic carbocycles. The van der Waals surface area contributed by atoms with E-state index in [1.54, 1.807) is 0 Å². The van der Waals surface area contributed by atoms with E-state index in [-0.39, 0.29) is 6.29 Å². The smallest absolute Gasteiger partial charge is 0.219 e. The number of aldehydes is 1. The lowest BCUT2D eigenvalue weighted by Gasteiger charge is -2.51. The second-order valence-electron chi connectivity index (χ2n) is 29.8. The van der Waals surface area contributed by atoms with Crippen molar-refractivity contribution in [1.29, 1.82) is 0 Å². The highest BCUT2D eigenvalue weighted by Crippen LogP contribution is 2.40. The van der Waals surface area contributed by atoms with E-state index in [0.29, 0.717) is 0 Å². The van der Waals surface area contributed by atoms with Gasteiger partial charge in [-0.3, -0.25) is 29.3 Å². The molecule has 53 heteroatoms. The summed E-state index contributed by atoms with van der Waals surface area (Å²) in [5, 5.41) is 280. The number of aliphatic hydroxyl groups excluding tert-OH is 24. The molecule has 686 valence electrons. The van der Waals surface area contributed by atoms with Gasteiger partial charge in [0, 0.05) is 34.1 Å². The minimum absolute atomic E-state index is 0.258. The Kier molecular flexibility index (Phi) is 35.9. The molecule has 19 unspecified atom stereocenters. The van der Waals surface area contributed by atoms with Gasteiger partial charge in [-0.05, 0) is 0 Å². The molecule has 0 bridgehead atoms. The van der Waals surface area contributed by atoms with Crippen molar-refractivity contribution >= 4 is 35.8 Å². The quantitative estimate of drug-likeness (QED) is 0.0266. The van der Waals surface area contributed by atoms with Gasteiger partial charge < -0.3 is 235 Å². The van der Waals surface area contributed by atoms with Gasteiger partial charge in [0.25, 0.3) is 0 Å². The Hall–Kier alpha value is -4.66. The average Bonchev–Trinajstić information content (AvgIpc) is 0.769. The molecule has 9 aliphatic heterocycles. The van der Waals surface area contributed by atoms with Crippen LogP contribution < -0.4 is 32.3 Å². The zero-order valence-electron chi connectivity index (χ0n) is 63.9. The highest BCUT2D eigenvalue weighted by Gasteiger charge is 2.61. The molecule has 46 atom stereocenters. The zero-order valence-corrected chi connectivity index (χ0v) is 63.9. The van der Waals surface area contributed by atoms with Crippen LogP contribution in [-0.4, -0.2) is 500 Å². The minimum Gasteiger partial charge on any atom is -0.394 e. The lowest BCUT2D eigenvalue weighted by atomic mass is 9.93. The molecule has 5 amide bonds. The van der Waals surface area contributed by atoms with Crippen LogP contribution in [0.2, 0.25) is 0 Å². The summed E-state index contributed by atoms with van der Waals surface area (Å²) in [7, 11) is 0. The summed E-state index contributed by atoms with van der Waals surface area (Å²) < 4.78 is 102. The highest BCUT2D eigenvalue weighted by molar-refractivity contribution is 5.79. The van der Waals surface area contributed by atoms with Gasteiger partial charge in [0.05, 0.1) is 71.5 Å². The summed E-state index contributed by atoms with van der Waals surface area (Å²) in [6.45, 7) is -6.25. The standard InChI is InChI=1S/C66H110N6O47/c1-16(82)68-31-40(92)51(25(11-78)104-58(31)72-20(6-73)5-30(67)86)113-59-32(69-17(2)83)41(93)54(28(14-81)109-59)116-64-50(102)55(117-66-57(47(99)38(90)24(10-77)108-66)119-61-34(71-19(4)85)43(95)53(27(13-80)111-61)115-63-49(101)45(97)36(88)22(8-75)106-63)39(91)29(112-64)15-103-65-56(46(98)37(89)23(9-76)107-65)118-60-33(70-18(3)84)42(94)52(26(12-79)110-60)114-62-48(100)44(96)35(87)21(7-74)105-62/h6,20-29,31-66,72,74-81,87-102H,5,7-15H2,1-4H3,(H2,67,86)(H,68,82)(H,69,83)(H,70,84)(H,71,85)/t20-,21?,22?,23?,24?,25?,26+,27?,28?,29?,31?,32?,33?,34+,35-,36-,37-,38-,39-,40+,41+,42?,43+,44-,45-,46-,47?,48?,49?,50?,51-,52+,53-,54-,55-,56?,57?,58+,59-,60+,61?,62-,63-,64-,65+,66-/m0/s1. The molecule has 0 aromatic heterocycles. The summed E-state index contributed by atoms with van der Waals surface area (Å²) in [6, 6.07) is -8.90. The number of primary amides is 1. The molecule has 9 rings (SSSR count). The average molecular weight is 1740 g/mol. The van der Waals surface area contributed by atoms with E-state index < -0.39 is 378 Å². The first-order chi connectivity index (χ1) is 56.3. The Bertz CT molecular complexity index is 3230. The first-order valence-electron chi connectivity index (χ1n) is 37.8. The van der Waals surface area contributed by atoms with E-state index in [0.717, 1.165) is 27.7 Å². The van der Waals surface area contributed by atoms with E-state index in [2.05, 4.69) is 26.6 Å². The zero-order chi connectivity index (χ0) is 87.8. The summed E-state index contributed by atoms with van der Waals surface area (Å²) in [5.41, 5.74) is 5.30. The van der Waals surface area contributed by atoms with Crippen molar-refractivity contribution in [2.45, 2.75) is 316 Å². The number of aliphatic hydroxyl groups is 24. The van der Waals surface area contributed by atoms with Gasteiger partial charge in [-0.15, -0.1) is 0 Å². The molecule has 9 heterocycles. The van der Waals surface area contributed by atoms with Crippen LogP contribution in [0.15, 0.2) is 0 Å². The summed E-state index contributed by atoms with van der Waals surface area (Å²) in [6.07, 6.45) is -86.2. The van der Waals surface area contributed by atoms with Gasteiger partial charge in [0.1, 0.15) is 226 Å². The fourth-order valence-corrected chi connectivity index (χ4v) is 15.2.